The van der Waals surface area contributed by atoms with Crippen molar-refractivity contribution in [1.29, 1.82) is 0 Å². The summed E-state index contributed by atoms with van der Waals surface area (Å²) in [5.41, 5.74) is 5.28. The summed E-state index contributed by atoms with van der Waals surface area (Å²) in [6, 6.07) is 13.1. The number of nitrogens with one attached hydrogen (secondary N) is 1. The Morgan fingerprint density at radius 2 is 1.76 bits per heavy atom. The van der Waals surface area contributed by atoms with Gasteiger partial charge in [-0.25, -0.2) is 0 Å². The second kappa shape index (κ2) is 3.63. The number of H-pyrrole nitrogens is 1. The van der Waals surface area contributed by atoms with Gasteiger partial charge >= 0.3 is 0 Å². The van der Waals surface area contributed by atoms with E-state index < -0.39 is 0 Å². The van der Waals surface area contributed by atoms with Crippen molar-refractivity contribution in [1.82, 2.24) is 4.98 Å². The van der Waals surface area contributed by atoms with Gasteiger partial charge in [-0.05, 0) is 30.5 Å². The molecule has 0 bridgehead atoms. The quantitative estimate of drug-likeness (QED) is 0.612. The molecule has 3 aromatic rings. The topological polar surface area (TPSA) is 15.8 Å². The lowest BCUT2D eigenvalue weighted by Crippen LogP contribution is -1.90. The highest BCUT2D eigenvalue weighted by Gasteiger charge is 2.10. The van der Waals surface area contributed by atoms with Crippen LogP contribution in [-0.4, -0.2) is 4.98 Å². The molecule has 0 radical (unpaired) electrons. The lowest BCUT2D eigenvalue weighted by Gasteiger charge is -2.08. The van der Waals surface area contributed by atoms with Crippen molar-refractivity contribution in [2.75, 3.05) is 0 Å². The van der Waals surface area contributed by atoms with Gasteiger partial charge in [0.2, 0.25) is 0 Å². The first-order valence-corrected chi connectivity index (χ1v) is 6.18. The van der Waals surface area contributed by atoms with Gasteiger partial charge in [-0.3, -0.25) is 0 Å². The first kappa shape index (κ1) is 10.4. The molecule has 0 saturated carbocycles. The van der Waals surface area contributed by atoms with Crippen LogP contribution in [0.15, 0.2) is 36.4 Å². The Morgan fingerprint density at radius 3 is 2.53 bits per heavy atom. The monoisotopic (exact) mass is 223 g/mol. The fraction of sp³-hybridized carbons (Fsp3) is 0.250. The summed E-state index contributed by atoms with van der Waals surface area (Å²) in [5, 5.41) is 2.68. The lowest BCUT2D eigenvalue weighted by molar-refractivity contribution is 0.872. The third kappa shape index (κ3) is 1.54. The van der Waals surface area contributed by atoms with Crippen LogP contribution in [0.25, 0.3) is 21.8 Å². The summed E-state index contributed by atoms with van der Waals surface area (Å²) in [7, 11) is 0. The molecule has 3 rings (SSSR count). The van der Waals surface area contributed by atoms with E-state index in [2.05, 4.69) is 62.2 Å². The molecule has 0 aliphatic heterocycles. The maximum Gasteiger partial charge on any atom is 0.0500 e. The van der Waals surface area contributed by atoms with E-state index >= 15 is 0 Å². The molecule has 0 aliphatic carbocycles. The second-order valence-electron chi connectivity index (χ2n) is 5.10. The van der Waals surface area contributed by atoms with Crippen LogP contribution in [0.1, 0.15) is 30.9 Å². The molecule has 0 aliphatic rings. The lowest BCUT2D eigenvalue weighted by atomic mass is 9.97. The number of benzene rings is 2. The number of aryl methyl sites for hydroxylation is 1. The molecule has 2 aromatic carbocycles. The zero-order valence-corrected chi connectivity index (χ0v) is 10.5. The largest absolute Gasteiger partial charge is 0.354 e. The number of aromatic amines is 1. The van der Waals surface area contributed by atoms with Gasteiger partial charge in [-0.2, -0.15) is 0 Å². The van der Waals surface area contributed by atoms with Crippen LogP contribution in [-0.2, 0) is 0 Å². The standard InChI is InChI=1S/C16H17N/c1-10(2)13-8-11(3)9-14-12-6-4-5-7-15(12)17-16(13)14/h4-10,17H,1-3H3. The minimum absolute atomic E-state index is 0.547. The molecule has 1 heteroatoms. The molecule has 0 spiro atoms. The van der Waals surface area contributed by atoms with Crippen LogP contribution < -0.4 is 0 Å². The molecule has 0 atom stereocenters. The van der Waals surface area contributed by atoms with Crippen LogP contribution >= 0.6 is 0 Å². The van der Waals surface area contributed by atoms with E-state index in [9.17, 15) is 0 Å². The highest BCUT2D eigenvalue weighted by atomic mass is 14.7. The van der Waals surface area contributed by atoms with Crippen molar-refractivity contribution >= 4 is 21.8 Å². The van der Waals surface area contributed by atoms with Crippen molar-refractivity contribution in [2.45, 2.75) is 26.7 Å². The molecular formula is C16H17N. The van der Waals surface area contributed by atoms with Gasteiger partial charge in [0, 0.05) is 21.8 Å². The Balaban J connectivity index is 2.51. The minimum atomic E-state index is 0.547. The second-order valence-corrected chi connectivity index (χ2v) is 5.10. The average Bonchev–Trinajstić information content (AvgIpc) is 2.66. The summed E-state index contributed by atoms with van der Waals surface area (Å²) in [5.74, 6) is 0.547. The van der Waals surface area contributed by atoms with Gasteiger partial charge in [0.15, 0.2) is 0 Å². The van der Waals surface area contributed by atoms with Gasteiger partial charge in [-0.15, -0.1) is 0 Å². The first-order chi connectivity index (χ1) is 8.16. The van der Waals surface area contributed by atoms with Gasteiger partial charge in [0.25, 0.3) is 0 Å². The summed E-state index contributed by atoms with van der Waals surface area (Å²) >= 11 is 0. The van der Waals surface area contributed by atoms with E-state index in [1.165, 1.54) is 32.9 Å². The van der Waals surface area contributed by atoms with Crippen LogP contribution in [0.5, 0.6) is 0 Å². The summed E-state index contributed by atoms with van der Waals surface area (Å²) in [4.78, 5) is 3.56. The van der Waals surface area contributed by atoms with Gasteiger partial charge < -0.3 is 4.98 Å². The summed E-state index contributed by atoms with van der Waals surface area (Å²) < 4.78 is 0. The Labute approximate surface area is 101 Å². The molecule has 0 fully saturated rings. The van der Waals surface area contributed by atoms with E-state index in [1.54, 1.807) is 0 Å². The Bertz CT molecular complexity index is 689. The molecule has 0 amide bonds. The van der Waals surface area contributed by atoms with Crippen molar-refractivity contribution in [3.8, 4) is 0 Å². The van der Waals surface area contributed by atoms with E-state index in [4.69, 9.17) is 0 Å². The first-order valence-electron chi connectivity index (χ1n) is 6.18. The predicted octanol–water partition coefficient (Wildman–Crippen LogP) is 4.75. The zero-order valence-electron chi connectivity index (χ0n) is 10.5. The van der Waals surface area contributed by atoms with Crippen molar-refractivity contribution < 1.29 is 0 Å². The number of hydrogen-bond acceptors (Lipinski definition) is 0. The van der Waals surface area contributed by atoms with Crippen molar-refractivity contribution in [3.63, 3.8) is 0 Å². The van der Waals surface area contributed by atoms with Crippen LogP contribution in [0.4, 0.5) is 0 Å². The van der Waals surface area contributed by atoms with Crippen molar-refractivity contribution in [2.24, 2.45) is 0 Å². The number of fused-ring (bicyclic) bond motifs is 3. The molecule has 1 aromatic heterocycles. The SMILES string of the molecule is Cc1cc(C(C)C)c2[nH]c3ccccc3c2c1. The fourth-order valence-electron chi connectivity index (χ4n) is 2.58. The molecular weight excluding hydrogens is 206 g/mol. The Morgan fingerprint density at radius 1 is 1.00 bits per heavy atom. The summed E-state index contributed by atoms with van der Waals surface area (Å²) in [6.07, 6.45) is 0. The van der Waals surface area contributed by atoms with Crippen LogP contribution in [0, 0.1) is 6.92 Å². The Kier molecular flexibility index (Phi) is 2.22. The van der Waals surface area contributed by atoms with Crippen LogP contribution in [0.2, 0.25) is 0 Å². The number of aromatic nitrogens is 1. The molecule has 1 heterocycles. The maximum absolute atomic E-state index is 3.56. The number of hydrogen-bond donors (Lipinski definition) is 1. The fourth-order valence-corrected chi connectivity index (χ4v) is 2.58. The smallest absolute Gasteiger partial charge is 0.0500 e. The van der Waals surface area contributed by atoms with E-state index in [0.717, 1.165) is 0 Å². The average molecular weight is 223 g/mol. The predicted molar refractivity (Wildman–Crippen MR) is 74.6 cm³/mol. The van der Waals surface area contributed by atoms with E-state index in [0.29, 0.717) is 5.92 Å². The minimum Gasteiger partial charge on any atom is -0.354 e. The molecule has 17 heavy (non-hydrogen) atoms. The molecule has 0 unspecified atom stereocenters. The number of para-hydroxylation sites is 1. The summed E-state index contributed by atoms with van der Waals surface area (Å²) in [6.45, 7) is 6.67. The highest BCUT2D eigenvalue weighted by molar-refractivity contribution is 6.08. The molecule has 86 valence electrons. The third-order valence-electron chi connectivity index (χ3n) is 3.41. The molecule has 1 nitrogen and oxygen atoms in total. The van der Waals surface area contributed by atoms with E-state index in [1.807, 2.05) is 0 Å². The van der Waals surface area contributed by atoms with Gasteiger partial charge in [-0.1, -0.05) is 43.7 Å². The number of rotatable bonds is 1. The van der Waals surface area contributed by atoms with Crippen molar-refractivity contribution in [3.05, 3.63) is 47.5 Å². The van der Waals surface area contributed by atoms with Gasteiger partial charge in [0.05, 0.1) is 0 Å². The molecule has 0 saturated heterocycles. The van der Waals surface area contributed by atoms with Crippen LogP contribution in [0.3, 0.4) is 0 Å². The van der Waals surface area contributed by atoms with Gasteiger partial charge in [0.1, 0.15) is 0 Å². The van der Waals surface area contributed by atoms with E-state index in [-0.39, 0.29) is 0 Å². The third-order valence-corrected chi connectivity index (χ3v) is 3.41. The maximum atomic E-state index is 3.56. The Hall–Kier alpha value is -1.76. The highest BCUT2D eigenvalue weighted by Crippen LogP contribution is 2.32. The zero-order chi connectivity index (χ0) is 12.0. The normalized spacial score (nSPS) is 11.8. The molecule has 1 N–H and O–H groups in total.